The molecule has 4 N–H and O–H groups in total. The Morgan fingerprint density at radius 3 is 1.21 bits per heavy atom. The van der Waals surface area contributed by atoms with Gasteiger partial charge in [0.1, 0.15) is 57.3 Å². The Morgan fingerprint density at radius 2 is 0.951 bits per heavy atom. The number of halogens is 2. The second-order valence-corrected chi connectivity index (χ2v) is 16.9. The van der Waals surface area contributed by atoms with E-state index in [0.717, 1.165) is 18.5 Å². The number of aliphatic carboxylic acids is 2. The van der Waals surface area contributed by atoms with E-state index in [1.54, 1.807) is 0 Å². The SMILES string of the molecule is CCOC(=O)[C@@H]1C(O)=C(P(=O)(C2=C(O)[C@H](C(=O)OCC)[C@H](c3ccc(OC(C)=O)cc3)[C@H](C(=O)O)C2=O)N(CCCl)CCCl)C(=O)[C@H](C(=O)O)[C@@H]1c1ccc(OC(C)=O)cc1. The van der Waals surface area contributed by atoms with Gasteiger partial charge in [-0.25, -0.2) is 4.67 Å². The van der Waals surface area contributed by atoms with E-state index in [-0.39, 0.29) is 35.8 Å². The molecule has 61 heavy (non-hydrogen) atoms. The predicted molar refractivity (Wildman–Crippen MR) is 213 cm³/mol. The van der Waals surface area contributed by atoms with Crippen LogP contribution >= 0.6 is 30.5 Å². The molecule has 2 aliphatic carbocycles. The number of carboxylic acid groups (broad SMARTS) is 2. The summed E-state index contributed by atoms with van der Waals surface area (Å²) in [7, 11) is -5.70. The van der Waals surface area contributed by atoms with Crippen LogP contribution in [-0.2, 0) is 52.4 Å². The molecule has 21 heteroatoms. The number of allylic oxidation sites excluding steroid dienone is 2. The van der Waals surface area contributed by atoms with E-state index < -0.39 is 137 Å². The van der Waals surface area contributed by atoms with Crippen molar-refractivity contribution in [2.45, 2.75) is 39.5 Å². The second-order valence-electron chi connectivity index (χ2n) is 13.6. The Labute approximate surface area is 358 Å². The van der Waals surface area contributed by atoms with Crippen molar-refractivity contribution < 1.29 is 82.3 Å². The van der Waals surface area contributed by atoms with Crippen LogP contribution in [0.2, 0.25) is 0 Å². The number of alkyl halides is 2. The fourth-order valence-electron chi connectivity index (χ4n) is 7.62. The molecule has 0 amide bonds. The standard InChI is InChI=1S/C40H42Cl2NO17P/c1-5-57-39(54)29-25(21-7-11-23(12-8-21)59-19(3)44)27(37(50)51)31(46)35(33(29)48)61(56,43(17-15-41)18-16-42)36-32(47)28(38(52)53)26(30(34(36)49)40(55)58-6-2)22-9-13-24(14-10-22)60-20(4)45/h7-14,25-30,48-49H,5-6,15-18H2,1-4H3,(H,50,51)(H,52,53)/t25-,26+,27+,28-,29-,30+,61?. The molecular formula is C40H42Cl2NO17P. The van der Waals surface area contributed by atoms with Crippen molar-refractivity contribution in [1.29, 1.82) is 0 Å². The number of carbonyl (C=O) groups is 8. The topological polar surface area (TPSA) is 275 Å². The number of carbonyl (C=O) groups excluding carboxylic acids is 6. The first kappa shape index (κ1) is 48.1. The molecule has 0 saturated carbocycles. The van der Waals surface area contributed by atoms with Crippen LogP contribution in [0.1, 0.15) is 50.7 Å². The minimum atomic E-state index is -5.70. The summed E-state index contributed by atoms with van der Waals surface area (Å²) in [6.07, 6.45) is 0. The van der Waals surface area contributed by atoms with Crippen LogP contribution < -0.4 is 9.47 Å². The van der Waals surface area contributed by atoms with Crippen molar-refractivity contribution in [3.05, 3.63) is 81.8 Å². The first-order chi connectivity index (χ1) is 28.8. The summed E-state index contributed by atoms with van der Waals surface area (Å²) in [6.45, 7) is 3.14. The van der Waals surface area contributed by atoms with Crippen LogP contribution in [-0.4, -0.2) is 111 Å². The number of aliphatic hydroxyl groups is 2. The Balaban J connectivity index is 2.18. The monoisotopic (exact) mass is 909 g/mol. The number of aliphatic hydroxyl groups excluding tert-OH is 2. The van der Waals surface area contributed by atoms with Crippen molar-refractivity contribution in [3.63, 3.8) is 0 Å². The fourth-order valence-corrected chi connectivity index (χ4v) is 11.6. The maximum Gasteiger partial charge on any atom is 0.317 e. The van der Waals surface area contributed by atoms with Crippen LogP contribution in [0, 0.1) is 23.7 Å². The van der Waals surface area contributed by atoms with Gasteiger partial charge in [-0.3, -0.25) is 42.9 Å². The Morgan fingerprint density at radius 1 is 0.623 bits per heavy atom. The largest absolute Gasteiger partial charge is 0.510 e. The molecular weight excluding hydrogens is 868 g/mol. The molecule has 0 radical (unpaired) electrons. The molecule has 0 bridgehead atoms. The van der Waals surface area contributed by atoms with Gasteiger partial charge in [-0.15, -0.1) is 23.2 Å². The quantitative estimate of drug-likeness (QED) is 0.0538. The smallest absolute Gasteiger partial charge is 0.317 e. The van der Waals surface area contributed by atoms with Gasteiger partial charge in [0.25, 0.3) is 0 Å². The highest BCUT2D eigenvalue weighted by atomic mass is 35.5. The van der Waals surface area contributed by atoms with Gasteiger partial charge in [0, 0.05) is 50.5 Å². The second kappa shape index (κ2) is 20.3. The van der Waals surface area contributed by atoms with Crippen LogP contribution in [0.5, 0.6) is 11.5 Å². The Bertz CT molecular complexity index is 2050. The van der Waals surface area contributed by atoms with Crippen LogP contribution in [0.25, 0.3) is 0 Å². The highest BCUT2D eigenvalue weighted by molar-refractivity contribution is 7.72. The van der Waals surface area contributed by atoms with Crippen LogP contribution in [0.3, 0.4) is 0 Å². The number of benzene rings is 2. The van der Waals surface area contributed by atoms with E-state index in [1.165, 1.54) is 62.4 Å². The lowest BCUT2D eigenvalue weighted by Gasteiger charge is -2.43. The summed E-state index contributed by atoms with van der Waals surface area (Å²) < 4.78 is 37.7. The molecule has 0 aromatic heterocycles. The van der Waals surface area contributed by atoms with E-state index in [9.17, 15) is 58.8 Å². The number of hydrogen-bond acceptors (Lipinski definition) is 15. The molecule has 1 unspecified atom stereocenters. The summed E-state index contributed by atoms with van der Waals surface area (Å²) in [6, 6.07) is 9.72. The van der Waals surface area contributed by atoms with Gasteiger partial charge in [0.2, 0.25) is 7.29 Å². The molecule has 0 saturated heterocycles. The predicted octanol–water partition coefficient (Wildman–Crippen LogP) is 4.93. The zero-order valence-electron chi connectivity index (χ0n) is 33.1. The zero-order valence-corrected chi connectivity index (χ0v) is 35.5. The molecule has 0 heterocycles. The maximum atomic E-state index is 16.4. The lowest BCUT2D eigenvalue weighted by Crippen LogP contribution is -2.47. The Kier molecular flexibility index (Phi) is 16.0. The normalized spacial score (nSPS) is 22.6. The molecule has 0 spiro atoms. The number of carboxylic acids is 2. The highest BCUT2D eigenvalue weighted by Gasteiger charge is 2.62. The van der Waals surface area contributed by atoms with Gasteiger partial charge in [-0.1, -0.05) is 24.3 Å². The van der Waals surface area contributed by atoms with Gasteiger partial charge >= 0.3 is 35.8 Å². The van der Waals surface area contributed by atoms with Crippen molar-refractivity contribution in [2.75, 3.05) is 38.1 Å². The molecule has 7 atom stereocenters. The van der Waals surface area contributed by atoms with E-state index in [1.807, 2.05) is 0 Å². The lowest BCUT2D eigenvalue weighted by atomic mass is 9.70. The fraction of sp³-hybridized carbons (Fsp3) is 0.400. The Hall–Kier alpha value is -5.55. The number of ether oxygens (including phenoxy) is 4. The summed E-state index contributed by atoms with van der Waals surface area (Å²) >= 11 is 12.2. The summed E-state index contributed by atoms with van der Waals surface area (Å²) in [4.78, 5) is 107. The van der Waals surface area contributed by atoms with Crippen molar-refractivity contribution in [3.8, 4) is 11.5 Å². The van der Waals surface area contributed by atoms with E-state index in [4.69, 9.17) is 42.1 Å². The summed E-state index contributed by atoms with van der Waals surface area (Å²) in [5.41, 5.74) is -0.166. The number of esters is 4. The average molecular weight is 911 g/mol. The molecule has 2 aromatic carbocycles. The third-order valence-corrected chi connectivity index (χ3v) is 13.5. The summed E-state index contributed by atoms with van der Waals surface area (Å²) in [5, 5.41) is 43.2. The van der Waals surface area contributed by atoms with Gasteiger partial charge in [0.15, 0.2) is 11.6 Å². The number of rotatable bonds is 17. The van der Waals surface area contributed by atoms with Gasteiger partial charge in [-0.2, -0.15) is 0 Å². The maximum absolute atomic E-state index is 16.4. The van der Waals surface area contributed by atoms with Crippen LogP contribution in [0.4, 0.5) is 0 Å². The third kappa shape index (κ3) is 9.67. The van der Waals surface area contributed by atoms with Crippen LogP contribution in [0.15, 0.2) is 70.7 Å². The van der Waals surface area contributed by atoms with Crippen molar-refractivity contribution >= 4 is 77.9 Å². The first-order valence-electron chi connectivity index (χ1n) is 18.6. The molecule has 18 nitrogen and oxygen atoms in total. The van der Waals surface area contributed by atoms with Gasteiger partial charge < -0.3 is 39.4 Å². The average Bonchev–Trinajstić information content (AvgIpc) is 3.17. The highest BCUT2D eigenvalue weighted by Crippen LogP contribution is 2.70. The number of nitrogens with zero attached hydrogens (tertiary/aromatic N) is 1. The first-order valence-corrected chi connectivity index (χ1v) is 21.3. The lowest BCUT2D eigenvalue weighted by molar-refractivity contribution is -0.155. The van der Waals surface area contributed by atoms with E-state index in [0.29, 0.717) is 0 Å². The number of ketones is 2. The molecule has 4 rings (SSSR count). The minimum absolute atomic E-state index is 0.0123. The van der Waals surface area contributed by atoms with Gasteiger partial charge in [0.05, 0.1) is 13.2 Å². The van der Waals surface area contributed by atoms with Crippen molar-refractivity contribution in [1.82, 2.24) is 4.67 Å². The molecule has 2 aliphatic rings. The number of hydrogen-bond donors (Lipinski definition) is 4. The van der Waals surface area contributed by atoms with E-state index in [2.05, 4.69) is 0 Å². The van der Waals surface area contributed by atoms with Gasteiger partial charge in [-0.05, 0) is 49.2 Å². The van der Waals surface area contributed by atoms with E-state index >= 15 is 4.57 Å². The zero-order chi connectivity index (χ0) is 45.5. The summed E-state index contributed by atoms with van der Waals surface area (Å²) in [5.74, 6) is -27.6. The minimum Gasteiger partial charge on any atom is -0.510 e. The molecule has 328 valence electrons. The molecule has 0 aliphatic heterocycles. The number of Topliss-reactive ketones (excluding diaryl/α,β-unsaturated/α-hetero) is 2. The molecule has 0 fully saturated rings. The third-order valence-electron chi connectivity index (χ3n) is 9.90. The molecule has 2 aromatic rings. The van der Waals surface area contributed by atoms with Crippen molar-refractivity contribution in [2.24, 2.45) is 23.7 Å².